The molecule has 2 heterocycles. The molecular formula is C25H20N4O2S. The highest BCUT2D eigenvalue weighted by Crippen LogP contribution is 2.31. The number of nitrogens with zero attached hydrogens (tertiary/aromatic N) is 4. The monoisotopic (exact) mass is 440 g/mol. The molecule has 0 unspecified atom stereocenters. The van der Waals surface area contributed by atoms with Crippen molar-refractivity contribution >= 4 is 43.5 Å². The van der Waals surface area contributed by atoms with Crippen LogP contribution >= 0.6 is 11.3 Å². The highest BCUT2D eigenvalue weighted by atomic mass is 32.1. The summed E-state index contributed by atoms with van der Waals surface area (Å²) in [6.07, 6.45) is 1.44. The van der Waals surface area contributed by atoms with Crippen LogP contribution in [-0.2, 0) is 17.9 Å². The predicted molar refractivity (Wildman–Crippen MR) is 128 cm³/mol. The van der Waals surface area contributed by atoms with E-state index >= 15 is 0 Å². The Hall–Kier alpha value is -3.84. The van der Waals surface area contributed by atoms with E-state index < -0.39 is 0 Å². The van der Waals surface area contributed by atoms with Crippen LogP contribution in [-0.4, -0.2) is 20.4 Å². The van der Waals surface area contributed by atoms with Crippen molar-refractivity contribution in [3.63, 3.8) is 0 Å². The van der Waals surface area contributed by atoms with Crippen molar-refractivity contribution in [1.82, 2.24) is 14.5 Å². The summed E-state index contributed by atoms with van der Waals surface area (Å²) < 4.78 is 2.39. The number of aryl methyl sites for hydroxylation is 1. The van der Waals surface area contributed by atoms with Gasteiger partial charge in [0.15, 0.2) is 5.13 Å². The van der Waals surface area contributed by atoms with Gasteiger partial charge in [0, 0.05) is 0 Å². The highest BCUT2D eigenvalue weighted by molar-refractivity contribution is 7.22. The van der Waals surface area contributed by atoms with E-state index in [1.807, 2.05) is 61.5 Å². The lowest BCUT2D eigenvalue weighted by atomic mass is 10.2. The summed E-state index contributed by atoms with van der Waals surface area (Å²) in [7, 11) is 0. The summed E-state index contributed by atoms with van der Waals surface area (Å²) >= 11 is 1.48. The summed E-state index contributed by atoms with van der Waals surface area (Å²) in [5, 5.41) is 1.11. The molecule has 5 aromatic rings. The van der Waals surface area contributed by atoms with Gasteiger partial charge in [0.2, 0.25) is 5.91 Å². The van der Waals surface area contributed by atoms with E-state index in [1.54, 1.807) is 23.1 Å². The van der Waals surface area contributed by atoms with Gasteiger partial charge in [0.05, 0.1) is 34.0 Å². The molecule has 2 aromatic heterocycles. The number of aromatic nitrogens is 3. The largest absolute Gasteiger partial charge is 0.289 e. The number of carbonyl (C=O) groups is 1. The lowest BCUT2D eigenvalue weighted by Crippen LogP contribution is -2.36. The Labute approximate surface area is 188 Å². The fraction of sp³-hybridized carbons (Fsp3) is 0.120. The topological polar surface area (TPSA) is 68.1 Å². The van der Waals surface area contributed by atoms with Gasteiger partial charge >= 0.3 is 0 Å². The van der Waals surface area contributed by atoms with Crippen molar-refractivity contribution in [3.05, 3.63) is 101 Å². The first-order valence-corrected chi connectivity index (χ1v) is 11.1. The van der Waals surface area contributed by atoms with Crippen molar-refractivity contribution in [2.45, 2.75) is 20.0 Å². The third-order valence-corrected chi connectivity index (χ3v) is 6.41. The van der Waals surface area contributed by atoms with E-state index in [9.17, 15) is 9.59 Å². The van der Waals surface area contributed by atoms with Gasteiger partial charge in [-0.15, -0.1) is 0 Å². The van der Waals surface area contributed by atoms with Crippen LogP contribution in [0.2, 0.25) is 0 Å². The number of amides is 1. The third-order valence-electron chi connectivity index (χ3n) is 5.36. The molecule has 1 amide bonds. The molecular weight excluding hydrogens is 420 g/mol. The standard InChI is InChI=1S/C25H20N4O2S/c1-17-8-7-13-21-23(17)27-25(32-21)29(14-18-9-3-2-4-10-18)22(30)15-28-16-26-20-12-6-5-11-19(20)24(28)31/h2-13,16H,14-15H2,1H3. The first kappa shape index (κ1) is 20.1. The minimum absolute atomic E-state index is 0.113. The summed E-state index contributed by atoms with van der Waals surface area (Å²) in [5.74, 6) is -0.218. The average molecular weight is 441 g/mol. The second kappa shape index (κ2) is 8.36. The zero-order valence-electron chi connectivity index (χ0n) is 17.4. The molecule has 0 fully saturated rings. The zero-order chi connectivity index (χ0) is 22.1. The number of thiazole rings is 1. The first-order valence-electron chi connectivity index (χ1n) is 10.2. The molecule has 0 radical (unpaired) electrons. The minimum atomic E-state index is -0.233. The number of rotatable bonds is 5. The van der Waals surface area contributed by atoms with Crippen LogP contribution in [0.25, 0.3) is 21.1 Å². The van der Waals surface area contributed by atoms with Gasteiger partial charge in [-0.3, -0.25) is 19.1 Å². The molecule has 0 bridgehead atoms. The number of para-hydroxylation sites is 2. The van der Waals surface area contributed by atoms with Gasteiger partial charge in [0.1, 0.15) is 6.54 Å². The molecule has 32 heavy (non-hydrogen) atoms. The Morgan fingerprint density at radius 3 is 2.59 bits per heavy atom. The van der Waals surface area contributed by atoms with Crippen LogP contribution in [0.4, 0.5) is 5.13 Å². The van der Waals surface area contributed by atoms with Crippen LogP contribution in [0.1, 0.15) is 11.1 Å². The molecule has 5 rings (SSSR count). The summed E-state index contributed by atoms with van der Waals surface area (Å²) in [6.45, 7) is 2.27. The van der Waals surface area contributed by atoms with Crippen LogP contribution < -0.4 is 10.5 Å². The maximum atomic E-state index is 13.5. The Bertz CT molecular complexity index is 1490. The van der Waals surface area contributed by atoms with E-state index in [0.717, 1.165) is 21.3 Å². The van der Waals surface area contributed by atoms with Gasteiger partial charge in [-0.05, 0) is 36.2 Å². The van der Waals surface area contributed by atoms with E-state index in [1.165, 1.54) is 22.2 Å². The van der Waals surface area contributed by atoms with Crippen LogP contribution in [0, 0.1) is 6.92 Å². The third kappa shape index (κ3) is 3.78. The quantitative estimate of drug-likeness (QED) is 0.402. The van der Waals surface area contributed by atoms with Crippen LogP contribution in [0.5, 0.6) is 0 Å². The number of hydrogen-bond donors (Lipinski definition) is 0. The van der Waals surface area contributed by atoms with Gasteiger partial charge in [-0.25, -0.2) is 9.97 Å². The highest BCUT2D eigenvalue weighted by Gasteiger charge is 2.22. The number of carbonyl (C=O) groups excluding carboxylic acids is 1. The van der Waals surface area contributed by atoms with E-state index in [-0.39, 0.29) is 18.0 Å². The molecule has 0 N–H and O–H groups in total. The van der Waals surface area contributed by atoms with Gasteiger partial charge in [-0.1, -0.05) is 65.9 Å². The number of benzene rings is 3. The lowest BCUT2D eigenvalue weighted by Gasteiger charge is -2.20. The Kier molecular flexibility index (Phi) is 5.25. The van der Waals surface area contributed by atoms with Crippen molar-refractivity contribution in [2.75, 3.05) is 4.90 Å². The first-order chi connectivity index (χ1) is 15.6. The maximum Gasteiger partial charge on any atom is 0.261 e. The van der Waals surface area contributed by atoms with E-state index in [2.05, 4.69) is 4.98 Å². The number of anilines is 1. The fourth-order valence-electron chi connectivity index (χ4n) is 3.67. The molecule has 0 aliphatic rings. The normalized spacial score (nSPS) is 11.2. The number of hydrogen-bond acceptors (Lipinski definition) is 5. The molecule has 0 saturated heterocycles. The Morgan fingerprint density at radius 1 is 1.00 bits per heavy atom. The molecule has 6 nitrogen and oxygen atoms in total. The van der Waals surface area contributed by atoms with Gasteiger partial charge in [0.25, 0.3) is 5.56 Å². The molecule has 3 aromatic carbocycles. The van der Waals surface area contributed by atoms with Gasteiger partial charge in [-0.2, -0.15) is 0 Å². The molecule has 158 valence electrons. The van der Waals surface area contributed by atoms with E-state index in [0.29, 0.717) is 22.6 Å². The second-order valence-electron chi connectivity index (χ2n) is 7.58. The van der Waals surface area contributed by atoms with Crippen molar-refractivity contribution in [1.29, 1.82) is 0 Å². The lowest BCUT2D eigenvalue weighted by molar-refractivity contribution is -0.119. The summed E-state index contributed by atoms with van der Waals surface area (Å²) in [4.78, 5) is 37.1. The molecule has 0 aliphatic heterocycles. The predicted octanol–water partition coefficient (Wildman–Crippen LogP) is 4.55. The molecule has 0 aliphatic carbocycles. The van der Waals surface area contributed by atoms with Gasteiger partial charge < -0.3 is 0 Å². The van der Waals surface area contributed by atoms with Crippen molar-refractivity contribution < 1.29 is 4.79 Å². The summed E-state index contributed by atoms with van der Waals surface area (Å²) in [6, 6.07) is 22.9. The molecule has 0 spiro atoms. The maximum absolute atomic E-state index is 13.5. The molecule has 0 saturated carbocycles. The molecule has 7 heteroatoms. The average Bonchev–Trinajstić information content (AvgIpc) is 3.25. The fourth-order valence-corrected chi connectivity index (χ4v) is 4.73. The molecule has 0 atom stereocenters. The second-order valence-corrected chi connectivity index (χ2v) is 8.59. The van der Waals surface area contributed by atoms with Crippen LogP contribution in [0.15, 0.2) is 83.9 Å². The SMILES string of the molecule is Cc1cccc2sc(N(Cc3ccccc3)C(=O)Cn3cnc4ccccc4c3=O)nc12. The Morgan fingerprint density at radius 2 is 1.78 bits per heavy atom. The van der Waals surface area contributed by atoms with Crippen molar-refractivity contribution in [2.24, 2.45) is 0 Å². The zero-order valence-corrected chi connectivity index (χ0v) is 18.2. The Balaban J connectivity index is 1.53. The van der Waals surface area contributed by atoms with Crippen LogP contribution in [0.3, 0.4) is 0 Å². The smallest absolute Gasteiger partial charge is 0.261 e. The van der Waals surface area contributed by atoms with Crippen molar-refractivity contribution in [3.8, 4) is 0 Å². The minimum Gasteiger partial charge on any atom is -0.289 e. The number of fused-ring (bicyclic) bond motifs is 2. The van der Waals surface area contributed by atoms with E-state index in [4.69, 9.17) is 4.98 Å². The summed E-state index contributed by atoms with van der Waals surface area (Å²) in [5.41, 5.74) is 3.32.